The molecule has 1 aromatic carbocycles. The van der Waals surface area contributed by atoms with Gasteiger partial charge in [-0.15, -0.1) is 11.3 Å². The molecule has 142 valence electrons. The van der Waals surface area contributed by atoms with Gasteiger partial charge in [-0.3, -0.25) is 0 Å². The number of hydrogen-bond donors (Lipinski definition) is 2. The zero-order valence-corrected chi connectivity index (χ0v) is 15.7. The minimum absolute atomic E-state index is 0.0363. The first-order valence-corrected chi connectivity index (χ1v) is 10.3. The van der Waals surface area contributed by atoms with Gasteiger partial charge in [-0.25, -0.2) is 9.97 Å². The summed E-state index contributed by atoms with van der Waals surface area (Å²) in [5, 5.41) is 15.0. The standard InChI is InChI=1S/C17H16F2N4O2S2/c18-17(19,7-24)25-13-2-1-11(12-6-26-8-20-12)15-14(13)22-16(27-15)23-4-9-3-10(5-23)21-9/h1-2,6,8-10,21,24H,3-5,7H2. The minimum atomic E-state index is -3.66. The van der Waals surface area contributed by atoms with Crippen LogP contribution in [0.25, 0.3) is 21.5 Å². The van der Waals surface area contributed by atoms with Crippen LogP contribution in [0.4, 0.5) is 13.9 Å². The number of ether oxygens (including phenoxy) is 1. The highest BCUT2D eigenvalue weighted by Gasteiger charge is 2.38. The fourth-order valence-corrected chi connectivity index (χ4v) is 5.27. The molecule has 5 heterocycles. The second kappa shape index (κ2) is 6.33. The Morgan fingerprint density at radius 3 is 2.78 bits per heavy atom. The van der Waals surface area contributed by atoms with Crippen molar-refractivity contribution in [3.8, 4) is 17.0 Å². The van der Waals surface area contributed by atoms with Crippen molar-refractivity contribution in [2.24, 2.45) is 0 Å². The van der Waals surface area contributed by atoms with Gasteiger partial charge in [-0.05, 0) is 18.6 Å². The molecule has 0 spiro atoms. The number of aliphatic hydroxyl groups is 1. The van der Waals surface area contributed by atoms with Gasteiger partial charge in [0.2, 0.25) is 0 Å². The Balaban J connectivity index is 1.60. The Labute approximate surface area is 161 Å². The third-order valence-corrected chi connectivity index (χ3v) is 6.58. The van der Waals surface area contributed by atoms with E-state index in [9.17, 15) is 8.78 Å². The topological polar surface area (TPSA) is 70.5 Å². The summed E-state index contributed by atoms with van der Waals surface area (Å²) in [4.78, 5) is 11.2. The lowest BCUT2D eigenvalue weighted by atomic mass is 9.92. The number of piperidine rings is 1. The molecule has 0 radical (unpaired) electrons. The molecule has 10 heteroatoms. The van der Waals surface area contributed by atoms with E-state index in [0.29, 0.717) is 17.6 Å². The first kappa shape index (κ1) is 17.2. The average Bonchev–Trinajstić information content (AvgIpc) is 3.31. The molecule has 6 rings (SSSR count). The lowest BCUT2D eigenvalue weighted by Gasteiger charge is -2.48. The molecule has 2 N–H and O–H groups in total. The van der Waals surface area contributed by atoms with Gasteiger partial charge in [-0.2, -0.15) is 8.78 Å². The highest BCUT2D eigenvalue weighted by atomic mass is 32.1. The molecule has 3 aliphatic heterocycles. The number of nitrogens with zero attached hydrogens (tertiary/aromatic N) is 3. The monoisotopic (exact) mass is 410 g/mol. The summed E-state index contributed by atoms with van der Waals surface area (Å²) in [7, 11) is 0. The summed E-state index contributed by atoms with van der Waals surface area (Å²) in [6.07, 6.45) is -2.49. The molecule has 3 aromatic rings. The van der Waals surface area contributed by atoms with Gasteiger partial charge in [0.15, 0.2) is 10.9 Å². The largest absolute Gasteiger partial charge is 0.428 e. The quantitative estimate of drug-likeness (QED) is 0.674. The molecule has 0 aliphatic carbocycles. The third kappa shape index (κ3) is 3.06. The maximum atomic E-state index is 13.6. The summed E-state index contributed by atoms with van der Waals surface area (Å²) in [5.74, 6) is -0.0363. The SMILES string of the molecule is OCC(F)(F)Oc1ccc(-c2cscn2)c2sc(N3CC4CC(C3)N4)nc12. The van der Waals surface area contributed by atoms with Crippen LogP contribution in [-0.2, 0) is 0 Å². The van der Waals surface area contributed by atoms with E-state index in [2.05, 4.69) is 20.2 Å². The summed E-state index contributed by atoms with van der Waals surface area (Å²) >= 11 is 2.94. The van der Waals surface area contributed by atoms with Gasteiger partial charge < -0.3 is 20.1 Å². The summed E-state index contributed by atoms with van der Waals surface area (Å²) in [5.41, 5.74) is 3.73. The Hall–Kier alpha value is -1.88. The molecule has 3 fully saturated rings. The van der Waals surface area contributed by atoms with Crippen molar-refractivity contribution in [1.29, 1.82) is 0 Å². The van der Waals surface area contributed by atoms with Crippen molar-refractivity contribution in [2.45, 2.75) is 24.6 Å². The smallest absolute Gasteiger partial charge is 0.421 e. The molecular formula is C17H16F2N4O2S2. The first-order valence-electron chi connectivity index (χ1n) is 8.53. The number of thiazole rings is 2. The van der Waals surface area contributed by atoms with E-state index in [1.54, 1.807) is 11.6 Å². The van der Waals surface area contributed by atoms with Crippen LogP contribution in [0.3, 0.4) is 0 Å². The number of aliphatic hydroxyl groups excluding tert-OH is 1. The van der Waals surface area contributed by atoms with Crippen molar-refractivity contribution in [3.05, 3.63) is 23.0 Å². The van der Waals surface area contributed by atoms with Crippen LogP contribution in [-0.4, -0.2) is 53.0 Å². The number of aromatic nitrogens is 2. The number of alkyl halides is 2. The predicted molar refractivity (Wildman–Crippen MR) is 101 cm³/mol. The number of nitrogens with one attached hydrogen (secondary N) is 1. The number of halogens is 2. The van der Waals surface area contributed by atoms with E-state index < -0.39 is 12.7 Å². The Bertz CT molecular complexity index is 963. The van der Waals surface area contributed by atoms with Gasteiger partial charge in [-0.1, -0.05) is 11.3 Å². The molecule has 2 atom stereocenters. The zero-order chi connectivity index (χ0) is 18.6. The minimum Gasteiger partial charge on any atom is -0.428 e. The van der Waals surface area contributed by atoms with Crippen molar-refractivity contribution in [3.63, 3.8) is 0 Å². The molecule has 2 bridgehead atoms. The van der Waals surface area contributed by atoms with Gasteiger partial charge in [0.25, 0.3) is 0 Å². The van der Waals surface area contributed by atoms with Gasteiger partial charge in [0.05, 0.1) is 15.9 Å². The van der Waals surface area contributed by atoms with E-state index >= 15 is 0 Å². The molecule has 6 nitrogen and oxygen atoms in total. The molecular weight excluding hydrogens is 394 g/mol. The highest BCUT2D eigenvalue weighted by molar-refractivity contribution is 7.22. The normalized spacial score (nSPS) is 22.1. The molecule has 3 saturated heterocycles. The van der Waals surface area contributed by atoms with E-state index in [4.69, 9.17) is 9.84 Å². The van der Waals surface area contributed by atoms with E-state index in [0.717, 1.165) is 34.2 Å². The molecule has 27 heavy (non-hydrogen) atoms. The van der Waals surface area contributed by atoms with E-state index in [1.165, 1.54) is 35.2 Å². The first-order chi connectivity index (χ1) is 13.0. The number of benzene rings is 1. The zero-order valence-electron chi connectivity index (χ0n) is 14.1. The van der Waals surface area contributed by atoms with Gasteiger partial charge in [0, 0.05) is 36.1 Å². The second-order valence-corrected chi connectivity index (χ2v) is 8.45. The number of anilines is 1. The molecule has 0 amide bonds. The van der Waals surface area contributed by atoms with Crippen LogP contribution >= 0.6 is 22.7 Å². The Kier molecular flexibility index (Phi) is 4.04. The lowest BCUT2D eigenvalue weighted by Crippen LogP contribution is -2.67. The maximum absolute atomic E-state index is 13.6. The van der Waals surface area contributed by atoms with Crippen molar-refractivity contribution in [1.82, 2.24) is 15.3 Å². The number of rotatable bonds is 5. The second-order valence-electron chi connectivity index (χ2n) is 6.76. The third-order valence-electron chi connectivity index (χ3n) is 4.84. The Morgan fingerprint density at radius 1 is 1.33 bits per heavy atom. The van der Waals surface area contributed by atoms with E-state index in [-0.39, 0.29) is 5.75 Å². The van der Waals surface area contributed by atoms with Crippen LogP contribution in [0.5, 0.6) is 5.75 Å². The van der Waals surface area contributed by atoms with Crippen LogP contribution in [0.15, 0.2) is 23.0 Å². The fraction of sp³-hybridized carbons (Fsp3) is 0.412. The Morgan fingerprint density at radius 2 is 2.11 bits per heavy atom. The van der Waals surface area contributed by atoms with Crippen LogP contribution in [0.1, 0.15) is 6.42 Å². The van der Waals surface area contributed by atoms with Gasteiger partial charge >= 0.3 is 6.11 Å². The number of hydrogen-bond acceptors (Lipinski definition) is 8. The van der Waals surface area contributed by atoms with Crippen molar-refractivity contribution >= 4 is 38.0 Å². The van der Waals surface area contributed by atoms with Crippen LogP contribution in [0, 0.1) is 0 Å². The van der Waals surface area contributed by atoms with E-state index in [1.807, 2.05) is 5.38 Å². The fourth-order valence-electron chi connectivity index (χ4n) is 3.60. The number of fused-ring (bicyclic) bond motifs is 3. The van der Waals surface area contributed by atoms with Gasteiger partial charge in [0.1, 0.15) is 12.1 Å². The predicted octanol–water partition coefficient (Wildman–Crippen LogP) is 2.93. The molecule has 2 unspecified atom stereocenters. The average molecular weight is 410 g/mol. The van der Waals surface area contributed by atoms with Crippen LogP contribution < -0.4 is 15.0 Å². The highest BCUT2D eigenvalue weighted by Crippen LogP contribution is 2.42. The maximum Gasteiger partial charge on any atom is 0.421 e. The molecule has 0 saturated carbocycles. The van der Waals surface area contributed by atoms with Crippen molar-refractivity contribution in [2.75, 3.05) is 24.6 Å². The molecule has 3 aliphatic rings. The van der Waals surface area contributed by atoms with Crippen molar-refractivity contribution < 1.29 is 18.6 Å². The summed E-state index contributed by atoms with van der Waals surface area (Å²) in [6, 6.07) is 4.11. The van der Waals surface area contributed by atoms with Crippen LogP contribution in [0.2, 0.25) is 0 Å². The lowest BCUT2D eigenvalue weighted by molar-refractivity contribution is -0.200. The number of piperazine rings is 1. The summed E-state index contributed by atoms with van der Waals surface area (Å²) in [6.45, 7) is 0.317. The molecule has 2 aromatic heterocycles. The summed E-state index contributed by atoms with van der Waals surface area (Å²) < 4.78 is 32.8.